The molecule has 0 aliphatic carbocycles. The van der Waals surface area contributed by atoms with Gasteiger partial charge in [-0.05, 0) is 35.4 Å². The number of thiophene rings is 3. The van der Waals surface area contributed by atoms with Crippen LogP contribution < -0.4 is 4.74 Å². The largest absolute Gasteiger partial charge is 0.480 e. The third kappa shape index (κ3) is 4.24. The second kappa shape index (κ2) is 9.22. The molecule has 0 saturated carbocycles. The number of aromatic nitrogens is 2. The van der Waals surface area contributed by atoms with Crippen LogP contribution >= 0.6 is 34.0 Å². The molecule has 0 aromatic carbocycles. The molecule has 4 heterocycles. The highest BCUT2D eigenvalue weighted by Crippen LogP contribution is 2.36. The lowest BCUT2D eigenvalue weighted by Crippen LogP contribution is -2.29. The zero-order valence-corrected chi connectivity index (χ0v) is 19.3. The summed E-state index contributed by atoms with van der Waals surface area (Å²) in [6.07, 6.45) is 0. The highest BCUT2D eigenvalue weighted by molar-refractivity contribution is 7.20. The summed E-state index contributed by atoms with van der Waals surface area (Å²) in [5.41, 5.74) is 0.850. The Bertz CT molecular complexity index is 1100. The first-order valence-electron chi connectivity index (χ1n) is 9.27. The Morgan fingerprint density at radius 3 is 2.27 bits per heavy atom. The smallest absolute Gasteiger partial charge is 0.264 e. The number of methoxy groups -OCH3 is 2. The van der Waals surface area contributed by atoms with E-state index in [9.17, 15) is 4.79 Å². The Labute approximate surface area is 186 Å². The van der Waals surface area contributed by atoms with Crippen LogP contribution in [0.2, 0.25) is 0 Å². The van der Waals surface area contributed by atoms with Gasteiger partial charge < -0.3 is 14.4 Å². The monoisotopic (exact) mass is 459 g/mol. The predicted octanol–water partition coefficient (Wildman–Crippen LogP) is 5.12. The molecule has 0 fully saturated rings. The molecule has 4 aromatic rings. The van der Waals surface area contributed by atoms with E-state index in [1.54, 1.807) is 36.9 Å². The summed E-state index contributed by atoms with van der Waals surface area (Å²) in [4.78, 5) is 28.3. The summed E-state index contributed by atoms with van der Waals surface area (Å²) in [5.74, 6) is 1.01. The van der Waals surface area contributed by atoms with Gasteiger partial charge in [-0.25, -0.2) is 4.98 Å². The van der Waals surface area contributed by atoms with Gasteiger partial charge in [0.05, 0.1) is 30.5 Å². The molecule has 4 rings (SSSR count). The molecular formula is C21H21N3O3S3. The zero-order chi connectivity index (χ0) is 21.1. The minimum Gasteiger partial charge on any atom is -0.480 e. The molecule has 0 spiro atoms. The number of ether oxygens (including phenoxy) is 2. The number of aryl methyl sites for hydroxylation is 1. The molecule has 0 bridgehead atoms. The van der Waals surface area contributed by atoms with Crippen molar-refractivity contribution in [3.63, 3.8) is 0 Å². The first kappa shape index (κ1) is 20.9. The Kier molecular flexibility index (Phi) is 6.43. The van der Waals surface area contributed by atoms with Crippen molar-refractivity contribution in [1.82, 2.24) is 14.9 Å². The Morgan fingerprint density at radius 2 is 1.73 bits per heavy atom. The van der Waals surface area contributed by atoms with E-state index in [0.717, 1.165) is 25.5 Å². The topological polar surface area (TPSA) is 64.6 Å². The number of fused-ring (bicyclic) bond motifs is 1. The highest BCUT2D eigenvalue weighted by atomic mass is 32.1. The molecule has 0 N–H and O–H groups in total. The second-order valence-electron chi connectivity index (χ2n) is 6.64. The van der Waals surface area contributed by atoms with Crippen molar-refractivity contribution >= 4 is 50.1 Å². The molecule has 30 heavy (non-hydrogen) atoms. The van der Waals surface area contributed by atoms with E-state index < -0.39 is 0 Å². The van der Waals surface area contributed by atoms with Gasteiger partial charge in [0.25, 0.3) is 5.91 Å². The van der Waals surface area contributed by atoms with Crippen LogP contribution in [0.4, 0.5) is 0 Å². The number of amides is 1. The average molecular weight is 460 g/mol. The van der Waals surface area contributed by atoms with E-state index in [0.29, 0.717) is 29.7 Å². The van der Waals surface area contributed by atoms with Gasteiger partial charge in [0, 0.05) is 16.9 Å². The van der Waals surface area contributed by atoms with Crippen LogP contribution in [0.5, 0.6) is 5.88 Å². The fraction of sp³-hybridized carbons (Fsp3) is 0.286. The maximum Gasteiger partial charge on any atom is 0.264 e. The van der Waals surface area contributed by atoms with E-state index >= 15 is 0 Å². The molecular weight excluding hydrogens is 438 g/mol. The van der Waals surface area contributed by atoms with E-state index in [-0.39, 0.29) is 12.5 Å². The molecule has 1 amide bonds. The Hall–Kier alpha value is -2.33. The van der Waals surface area contributed by atoms with Crippen molar-refractivity contribution in [2.75, 3.05) is 14.2 Å². The summed E-state index contributed by atoms with van der Waals surface area (Å²) in [5, 5.41) is 4.86. The van der Waals surface area contributed by atoms with Gasteiger partial charge in [-0.15, -0.1) is 34.0 Å². The number of hydrogen-bond donors (Lipinski definition) is 0. The quantitative estimate of drug-likeness (QED) is 0.366. The van der Waals surface area contributed by atoms with Crippen molar-refractivity contribution in [2.24, 2.45) is 0 Å². The lowest BCUT2D eigenvalue weighted by molar-refractivity contribution is 0.0738. The first-order chi connectivity index (χ1) is 14.6. The molecule has 0 radical (unpaired) electrons. The maximum atomic E-state index is 13.6. The number of rotatable bonds is 8. The molecule has 9 heteroatoms. The molecule has 6 nitrogen and oxygen atoms in total. The molecule has 0 aliphatic heterocycles. The number of nitrogens with zero attached hydrogens (tertiary/aromatic N) is 3. The minimum atomic E-state index is -0.00681. The number of carbonyl (C=O) groups is 1. The summed E-state index contributed by atoms with van der Waals surface area (Å²) in [6.45, 7) is 3.36. The van der Waals surface area contributed by atoms with Gasteiger partial charge in [0.2, 0.25) is 5.88 Å². The fourth-order valence-corrected chi connectivity index (χ4v) is 5.81. The normalized spacial score (nSPS) is 11.2. The van der Waals surface area contributed by atoms with Crippen molar-refractivity contribution < 1.29 is 14.3 Å². The molecule has 0 atom stereocenters. The second-order valence-corrected chi connectivity index (χ2v) is 9.70. The van der Waals surface area contributed by atoms with Gasteiger partial charge in [0.1, 0.15) is 11.4 Å². The Morgan fingerprint density at radius 1 is 1.07 bits per heavy atom. The fourth-order valence-electron chi connectivity index (χ4n) is 3.21. The zero-order valence-electron chi connectivity index (χ0n) is 16.9. The number of hydrogen-bond acceptors (Lipinski definition) is 8. The minimum absolute atomic E-state index is 0.00681. The van der Waals surface area contributed by atoms with Gasteiger partial charge in [-0.1, -0.05) is 12.1 Å². The van der Waals surface area contributed by atoms with E-state index in [1.165, 1.54) is 11.3 Å². The van der Waals surface area contributed by atoms with Crippen molar-refractivity contribution in [3.8, 4) is 5.88 Å². The first-order valence-corrected chi connectivity index (χ1v) is 11.8. The molecule has 4 aromatic heterocycles. The molecule has 0 saturated heterocycles. The Balaban J connectivity index is 1.73. The van der Waals surface area contributed by atoms with Gasteiger partial charge in [-0.2, -0.15) is 4.98 Å². The maximum absolute atomic E-state index is 13.6. The summed E-state index contributed by atoms with van der Waals surface area (Å²) in [7, 11) is 3.18. The van der Waals surface area contributed by atoms with Crippen LogP contribution in [0, 0.1) is 6.92 Å². The van der Waals surface area contributed by atoms with E-state index in [4.69, 9.17) is 9.47 Å². The van der Waals surface area contributed by atoms with Crippen molar-refractivity contribution in [1.29, 1.82) is 0 Å². The van der Waals surface area contributed by atoms with Crippen LogP contribution in [-0.4, -0.2) is 35.0 Å². The SMILES string of the molecule is COCc1nc(OC)c2c(C)c(C(=O)N(Cc3cccs3)Cc3cccs3)sc2n1. The van der Waals surface area contributed by atoms with Crippen LogP contribution in [-0.2, 0) is 24.4 Å². The molecule has 0 unspecified atom stereocenters. The van der Waals surface area contributed by atoms with Crippen molar-refractivity contribution in [2.45, 2.75) is 26.6 Å². The summed E-state index contributed by atoms with van der Waals surface area (Å²) < 4.78 is 10.7. The van der Waals surface area contributed by atoms with Crippen LogP contribution in [0.15, 0.2) is 35.0 Å². The van der Waals surface area contributed by atoms with E-state index in [1.807, 2.05) is 34.7 Å². The molecule has 0 aliphatic rings. The summed E-state index contributed by atoms with van der Waals surface area (Å²) in [6, 6.07) is 8.14. The average Bonchev–Trinajstić information content (AvgIpc) is 3.49. The van der Waals surface area contributed by atoms with Crippen LogP contribution in [0.3, 0.4) is 0 Å². The van der Waals surface area contributed by atoms with Gasteiger partial charge >= 0.3 is 0 Å². The van der Waals surface area contributed by atoms with Gasteiger partial charge in [-0.3, -0.25) is 4.79 Å². The highest BCUT2D eigenvalue weighted by Gasteiger charge is 2.25. The van der Waals surface area contributed by atoms with Gasteiger partial charge in [0.15, 0.2) is 5.82 Å². The third-order valence-electron chi connectivity index (χ3n) is 4.61. The van der Waals surface area contributed by atoms with Crippen molar-refractivity contribution in [3.05, 3.63) is 61.0 Å². The number of carbonyl (C=O) groups excluding carboxylic acids is 1. The van der Waals surface area contributed by atoms with Crippen LogP contribution in [0.1, 0.15) is 30.8 Å². The predicted molar refractivity (Wildman–Crippen MR) is 122 cm³/mol. The standard InChI is InChI=1S/C21H21N3O3S3/c1-13-17-19(27-3)22-16(12-26-2)23-20(17)30-18(13)21(25)24(10-14-6-4-8-28-14)11-15-7-5-9-29-15/h4-9H,10-12H2,1-3H3. The summed E-state index contributed by atoms with van der Waals surface area (Å²) >= 11 is 4.70. The van der Waals surface area contributed by atoms with Crippen LogP contribution in [0.25, 0.3) is 10.2 Å². The lowest BCUT2D eigenvalue weighted by Gasteiger charge is -2.21. The third-order valence-corrected chi connectivity index (χ3v) is 7.50. The van der Waals surface area contributed by atoms with E-state index in [2.05, 4.69) is 22.1 Å². The lowest BCUT2D eigenvalue weighted by atomic mass is 10.2. The molecule has 156 valence electrons.